The number of benzene rings is 1. The lowest BCUT2D eigenvalue weighted by atomic mass is 10.0. The van der Waals surface area contributed by atoms with Crippen molar-refractivity contribution in [3.8, 4) is 22.9 Å². The van der Waals surface area contributed by atoms with E-state index in [1.54, 1.807) is 18.3 Å². The minimum absolute atomic E-state index is 0.00971. The van der Waals surface area contributed by atoms with Gasteiger partial charge in [0.15, 0.2) is 5.75 Å². The van der Waals surface area contributed by atoms with Crippen molar-refractivity contribution in [1.29, 1.82) is 10.9 Å². The fourth-order valence-corrected chi connectivity index (χ4v) is 3.73. The molecular formula is C27H24F3N7O. The van der Waals surface area contributed by atoms with Gasteiger partial charge in [-0.25, -0.2) is 15.5 Å². The second kappa shape index (κ2) is 11.2. The average Bonchev–Trinajstić information content (AvgIpc) is 2.89. The summed E-state index contributed by atoms with van der Waals surface area (Å²) in [5.41, 5.74) is 9.46. The van der Waals surface area contributed by atoms with Crippen LogP contribution in [0.4, 0.5) is 24.7 Å². The fourth-order valence-electron chi connectivity index (χ4n) is 3.73. The van der Waals surface area contributed by atoms with Crippen LogP contribution in [0.5, 0.6) is 11.5 Å². The summed E-state index contributed by atoms with van der Waals surface area (Å²) in [7, 11) is 0. The van der Waals surface area contributed by atoms with Crippen LogP contribution in [0, 0.1) is 24.8 Å². The van der Waals surface area contributed by atoms with E-state index < -0.39 is 11.7 Å². The van der Waals surface area contributed by atoms with Crippen LogP contribution in [0.25, 0.3) is 11.4 Å². The van der Waals surface area contributed by atoms with Gasteiger partial charge in [-0.2, -0.15) is 13.2 Å². The van der Waals surface area contributed by atoms with Crippen molar-refractivity contribution in [1.82, 2.24) is 15.0 Å². The molecule has 3 aromatic heterocycles. The molecule has 4 rings (SSSR count). The molecule has 3 N–H and O–H groups in total. The Labute approximate surface area is 217 Å². The van der Waals surface area contributed by atoms with E-state index in [2.05, 4.69) is 25.4 Å². The van der Waals surface area contributed by atoms with Crippen molar-refractivity contribution in [3.63, 3.8) is 0 Å². The first-order chi connectivity index (χ1) is 18.1. The third-order valence-electron chi connectivity index (χ3n) is 5.75. The highest BCUT2D eigenvalue weighted by atomic mass is 19.4. The average molecular weight is 520 g/mol. The summed E-state index contributed by atoms with van der Waals surface area (Å²) in [6.07, 6.45) is -1.52. The van der Waals surface area contributed by atoms with Crippen LogP contribution in [0.3, 0.4) is 0 Å². The standard InChI is InChI=1S/C27H24F3N7O/c1-16-13-23(26(35-17(16)2)22-5-3-4-11-33-22)38-20-10-12-34-25(15-20)36-19-7-8-21(27(28,29)30)18(14-19)6-9-24(31)37-32/h3-5,7-8,10-15,31-32H,6,9H2,1-2H3,(H,34,36). The van der Waals surface area contributed by atoms with Crippen molar-refractivity contribution in [3.05, 3.63) is 89.4 Å². The number of anilines is 2. The Balaban J connectivity index is 1.61. The maximum absolute atomic E-state index is 13.5. The molecule has 0 atom stereocenters. The van der Waals surface area contributed by atoms with E-state index in [-0.39, 0.29) is 24.2 Å². The van der Waals surface area contributed by atoms with Crippen molar-refractivity contribution in [2.45, 2.75) is 32.9 Å². The number of aryl methyl sites for hydroxylation is 3. The van der Waals surface area contributed by atoms with Crippen LogP contribution in [0.1, 0.15) is 28.8 Å². The molecule has 8 nitrogen and oxygen atoms in total. The zero-order valence-corrected chi connectivity index (χ0v) is 20.6. The van der Waals surface area contributed by atoms with Gasteiger partial charge < -0.3 is 10.1 Å². The Kier molecular flexibility index (Phi) is 7.75. The van der Waals surface area contributed by atoms with Gasteiger partial charge in [-0.3, -0.25) is 10.4 Å². The number of hydrogen-bond donors (Lipinski definition) is 3. The normalized spacial score (nSPS) is 11.2. The molecule has 3 heterocycles. The van der Waals surface area contributed by atoms with Crippen molar-refractivity contribution < 1.29 is 17.9 Å². The van der Waals surface area contributed by atoms with Gasteiger partial charge in [0.05, 0.1) is 11.3 Å². The number of hydrogen-bond acceptors (Lipinski definition) is 7. The number of nitrogens with one attached hydrogen (secondary N) is 3. The molecule has 0 bridgehead atoms. The first-order valence-corrected chi connectivity index (χ1v) is 11.6. The minimum Gasteiger partial charge on any atom is -0.455 e. The maximum atomic E-state index is 13.5. The van der Waals surface area contributed by atoms with E-state index in [0.717, 1.165) is 17.3 Å². The first kappa shape index (κ1) is 26.4. The number of pyridine rings is 3. The Bertz CT molecular complexity index is 1470. The van der Waals surface area contributed by atoms with Gasteiger partial charge in [-0.05, 0) is 73.9 Å². The number of ether oxygens (including phenoxy) is 1. The third-order valence-corrected chi connectivity index (χ3v) is 5.75. The SMILES string of the molecule is Cc1cc(Oc2ccnc(Nc3ccc(C(F)(F)F)c(CCC(=N)N=N)c3)c2)c(-c2ccccn2)nc1C. The first-order valence-electron chi connectivity index (χ1n) is 11.6. The van der Waals surface area contributed by atoms with Gasteiger partial charge >= 0.3 is 6.18 Å². The van der Waals surface area contributed by atoms with E-state index in [1.807, 2.05) is 38.1 Å². The van der Waals surface area contributed by atoms with Gasteiger partial charge in [-0.15, -0.1) is 5.11 Å². The Morgan fingerprint density at radius 2 is 1.84 bits per heavy atom. The molecule has 0 aliphatic carbocycles. The molecule has 0 aliphatic heterocycles. The van der Waals surface area contributed by atoms with Gasteiger partial charge in [-0.1, -0.05) is 6.07 Å². The van der Waals surface area contributed by atoms with E-state index in [1.165, 1.54) is 18.3 Å². The number of amidine groups is 1. The number of halogens is 3. The zero-order chi connectivity index (χ0) is 27.3. The molecule has 11 heteroatoms. The van der Waals surface area contributed by atoms with Crippen LogP contribution >= 0.6 is 0 Å². The largest absolute Gasteiger partial charge is 0.455 e. The van der Waals surface area contributed by atoms with E-state index in [4.69, 9.17) is 15.7 Å². The molecule has 0 saturated heterocycles. The van der Waals surface area contributed by atoms with Gasteiger partial charge in [0.25, 0.3) is 0 Å². The van der Waals surface area contributed by atoms with Gasteiger partial charge in [0.1, 0.15) is 23.1 Å². The molecule has 38 heavy (non-hydrogen) atoms. The lowest BCUT2D eigenvalue weighted by Crippen LogP contribution is -2.10. The monoisotopic (exact) mass is 519 g/mol. The molecule has 0 fully saturated rings. The molecular weight excluding hydrogens is 495 g/mol. The lowest BCUT2D eigenvalue weighted by Gasteiger charge is -2.16. The van der Waals surface area contributed by atoms with E-state index >= 15 is 0 Å². The van der Waals surface area contributed by atoms with Gasteiger partial charge in [0.2, 0.25) is 0 Å². The Morgan fingerprint density at radius 3 is 2.55 bits per heavy atom. The number of nitrogens with zero attached hydrogens (tertiary/aromatic N) is 4. The van der Waals surface area contributed by atoms with Gasteiger partial charge in [0, 0.05) is 36.3 Å². The highest BCUT2D eigenvalue weighted by Crippen LogP contribution is 2.36. The molecule has 0 spiro atoms. The van der Waals surface area contributed by atoms with Crippen molar-refractivity contribution >= 4 is 17.3 Å². The highest BCUT2D eigenvalue weighted by Gasteiger charge is 2.33. The molecule has 4 aromatic rings. The summed E-state index contributed by atoms with van der Waals surface area (Å²) in [6, 6.07) is 14.3. The molecule has 0 aliphatic rings. The zero-order valence-electron chi connectivity index (χ0n) is 20.6. The number of aromatic nitrogens is 3. The van der Waals surface area contributed by atoms with Crippen LogP contribution in [-0.2, 0) is 12.6 Å². The van der Waals surface area contributed by atoms with Crippen LogP contribution in [0.15, 0.2) is 72.1 Å². The molecule has 0 unspecified atom stereocenters. The molecule has 1 aromatic carbocycles. The summed E-state index contributed by atoms with van der Waals surface area (Å²) in [4.78, 5) is 13.3. The fraction of sp³-hybridized carbons (Fsp3) is 0.185. The predicted molar refractivity (Wildman–Crippen MR) is 137 cm³/mol. The smallest absolute Gasteiger partial charge is 0.416 e. The van der Waals surface area contributed by atoms with Crippen LogP contribution in [0.2, 0.25) is 0 Å². The molecule has 0 saturated carbocycles. The minimum atomic E-state index is -4.55. The predicted octanol–water partition coefficient (Wildman–Crippen LogP) is 7.65. The Morgan fingerprint density at radius 1 is 1.03 bits per heavy atom. The quantitative estimate of drug-likeness (QED) is 0.125. The van der Waals surface area contributed by atoms with Crippen molar-refractivity contribution in [2.75, 3.05) is 5.32 Å². The highest BCUT2D eigenvalue weighted by molar-refractivity contribution is 5.79. The second-order valence-corrected chi connectivity index (χ2v) is 8.48. The number of alkyl halides is 3. The molecule has 0 amide bonds. The Hall–Kier alpha value is -4.67. The van der Waals surface area contributed by atoms with Crippen LogP contribution in [-0.4, -0.2) is 20.8 Å². The summed E-state index contributed by atoms with van der Waals surface area (Å²) < 4.78 is 46.7. The summed E-state index contributed by atoms with van der Waals surface area (Å²) in [5, 5.41) is 13.5. The van der Waals surface area contributed by atoms with Crippen LogP contribution < -0.4 is 10.1 Å². The molecule has 0 radical (unpaired) electrons. The third kappa shape index (κ3) is 6.36. The topological polar surface area (TPSA) is 120 Å². The summed E-state index contributed by atoms with van der Waals surface area (Å²) in [6.45, 7) is 3.83. The number of rotatable bonds is 8. The second-order valence-electron chi connectivity index (χ2n) is 8.48. The summed E-state index contributed by atoms with van der Waals surface area (Å²) >= 11 is 0. The van der Waals surface area contributed by atoms with E-state index in [9.17, 15) is 13.2 Å². The van der Waals surface area contributed by atoms with Crippen molar-refractivity contribution in [2.24, 2.45) is 5.11 Å². The van der Waals surface area contributed by atoms with E-state index in [0.29, 0.717) is 34.4 Å². The maximum Gasteiger partial charge on any atom is 0.416 e. The molecule has 194 valence electrons. The lowest BCUT2D eigenvalue weighted by molar-refractivity contribution is -0.138. The summed E-state index contributed by atoms with van der Waals surface area (Å²) in [5.74, 6) is 1.01.